The molecule has 0 radical (unpaired) electrons. The molecule has 1 fully saturated rings. The number of anilines is 1. The molecule has 5 heteroatoms. The lowest BCUT2D eigenvalue weighted by Crippen LogP contribution is -2.48. The van der Waals surface area contributed by atoms with E-state index in [9.17, 15) is 9.90 Å². The van der Waals surface area contributed by atoms with Crippen molar-refractivity contribution in [2.45, 2.75) is 0 Å². The van der Waals surface area contributed by atoms with E-state index in [-0.39, 0.29) is 11.7 Å². The lowest BCUT2D eigenvalue weighted by Gasteiger charge is -2.36. The second-order valence-corrected chi connectivity index (χ2v) is 6.71. The Hall–Kier alpha value is -3.47. The lowest BCUT2D eigenvalue weighted by molar-refractivity contribution is 0.0746. The van der Waals surface area contributed by atoms with Gasteiger partial charge in [-0.1, -0.05) is 30.3 Å². The molecule has 0 saturated carbocycles. The maximum atomic E-state index is 12.8. The summed E-state index contributed by atoms with van der Waals surface area (Å²) in [6, 6.07) is 24.1. The number of phenolic OH excluding ortho intramolecular Hbond substituents is 1. The molecule has 1 saturated heterocycles. The topological polar surface area (TPSA) is 53.0 Å². The maximum Gasteiger partial charge on any atom is 0.253 e. The molecule has 0 atom stereocenters. The number of para-hydroxylation sites is 3. The van der Waals surface area contributed by atoms with E-state index < -0.39 is 0 Å². The van der Waals surface area contributed by atoms with Crippen LogP contribution in [0, 0.1) is 0 Å². The van der Waals surface area contributed by atoms with Gasteiger partial charge >= 0.3 is 0 Å². The van der Waals surface area contributed by atoms with Gasteiger partial charge in [-0.3, -0.25) is 4.79 Å². The summed E-state index contributed by atoms with van der Waals surface area (Å²) in [7, 11) is 0. The van der Waals surface area contributed by atoms with Crippen molar-refractivity contribution in [2.75, 3.05) is 31.1 Å². The highest BCUT2D eigenvalue weighted by Crippen LogP contribution is 2.27. The molecule has 142 valence electrons. The Balaban J connectivity index is 1.37. The standard InChI is InChI=1S/C23H22N2O3/c26-22-9-5-4-8-21(22)24-14-16-25(17-15-24)23(27)18-10-12-20(13-11-18)28-19-6-2-1-3-7-19/h1-13,26H,14-17H2. The number of carbonyl (C=O) groups excluding carboxylic acids is 1. The molecule has 1 amide bonds. The van der Waals surface area contributed by atoms with Crippen LogP contribution in [-0.4, -0.2) is 42.1 Å². The monoisotopic (exact) mass is 374 g/mol. The Kier molecular flexibility index (Phi) is 5.15. The number of piperazine rings is 1. The third-order valence-electron chi connectivity index (χ3n) is 4.87. The van der Waals surface area contributed by atoms with Gasteiger partial charge in [0, 0.05) is 31.7 Å². The fourth-order valence-corrected chi connectivity index (χ4v) is 3.35. The molecule has 0 spiro atoms. The number of nitrogens with zero attached hydrogens (tertiary/aromatic N) is 2. The zero-order valence-electron chi connectivity index (χ0n) is 15.5. The van der Waals surface area contributed by atoms with Gasteiger partial charge in [0.2, 0.25) is 0 Å². The Morgan fingerprint density at radius 1 is 0.750 bits per heavy atom. The van der Waals surface area contributed by atoms with Crippen LogP contribution in [0.25, 0.3) is 0 Å². The Labute approximate surface area is 164 Å². The summed E-state index contributed by atoms with van der Waals surface area (Å²) >= 11 is 0. The fourth-order valence-electron chi connectivity index (χ4n) is 3.35. The largest absolute Gasteiger partial charge is 0.506 e. The van der Waals surface area contributed by atoms with Crippen molar-refractivity contribution in [3.05, 3.63) is 84.4 Å². The van der Waals surface area contributed by atoms with Crippen LogP contribution in [-0.2, 0) is 0 Å². The first-order chi connectivity index (χ1) is 13.7. The second-order valence-electron chi connectivity index (χ2n) is 6.71. The van der Waals surface area contributed by atoms with Gasteiger partial charge in [0.25, 0.3) is 5.91 Å². The molecule has 3 aromatic carbocycles. The quantitative estimate of drug-likeness (QED) is 0.745. The molecular weight excluding hydrogens is 352 g/mol. The van der Waals surface area contributed by atoms with Crippen molar-refractivity contribution in [3.8, 4) is 17.2 Å². The zero-order chi connectivity index (χ0) is 19.3. The highest BCUT2D eigenvalue weighted by Gasteiger charge is 2.23. The van der Waals surface area contributed by atoms with Crippen molar-refractivity contribution in [1.82, 2.24) is 4.90 Å². The molecular formula is C23H22N2O3. The van der Waals surface area contributed by atoms with Gasteiger partial charge < -0.3 is 19.6 Å². The molecule has 1 aliphatic rings. The first kappa shape index (κ1) is 17.9. The molecule has 3 aromatic rings. The highest BCUT2D eigenvalue weighted by atomic mass is 16.5. The average Bonchev–Trinajstić information content (AvgIpc) is 2.75. The number of phenols is 1. The molecule has 0 aromatic heterocycles. The number of aromatic hydroxyl groups is 1. The average molecular weight is 374 g/mol. The maximum absolute atomic E-state index is 12.8. The number of amides is 1. The van der Waals surface area contributed by atoms with E-state index >= 15 is 0 Å². The molecule has 1 heterocycles. The van der Waals surface area contributed by atoms with Crippen LogP contribution in [0.2, 0.25) is 0 Å². The van der Waals surface area contributed by atoms with Gasteiger partial charge in [0.05, 0.1) is 5.69 Å². The third kappa shape index (κ3) is 3.93. The van der Waals surface area contributed by atoms with Crippen LogP contribution in [0.4, 0.5) is 5.69 Å². The summed E-state index contributed by atoms with van der Waals surface area (Å²) in [6.45, 7) is 2.63. The number of ether oxygens (including phenoxy) is 1. The number of rotatable bonds is 4. The minimum atomic E-state index is 0.0168. The SMILES string of the molecule is O=C(c1ccc(Oc2ccccc2)cc1)N1CCN(c2ccccc2O)CC1. The first-order valence-corrected chi connectivity index (χ1v) is 9.36. The first-order valence-electron chi connectivity index (χ1n) is 9.36. The van der Waals surface area contributed by atoms with Crippen molar-refractivity contribution >= 4 is 11.6 Å². The van der Waals surface area contributed by atoms with Gasteiger partial charge in [-0.05, 0) is 48.5 Å². The van der Waals surface area contributed by atoms with Crippen molar-refractivity contribution < 1.29 is 14.6 Å². The van der Waals surface area contributed by atoms with E-state index in [1.165, 1.54) is 0 Å². The second kappa shape index (κ2) is 8.05. The molecule has 5 nitrogen and oxygen atoms in total. The Morgan fingerprint density at radius 2 is 1.36 bits per heavy atom. The summed E-state index contributed by atoms with van der Waals surface area (Å²) < 4.78 is 5.78. The van der Waals surface area contributed by atoms with Crippen LogP contribution < -0.4 is 9.64 Å². The van der Waals surface area contributed by atoms with E-state index in [0.717, 1.165) is 11.4 Å². The van der Waals surface area contributed by atoms with Gasteiger partial charge in [0.1, 0.15) is 17.2 Å². The zero-order valence-corrected chi connectivity index (χ0v) is 15.5. The summed E-state index contributed by atoms with van der Waals surface area (Å²) in [5.41, 5.74) is 1.47. The lowest BCUT2D eigenvalue weighted by atomic mass is 10.1. The van der Waals surface area contributed by atoms with Crippen LogP contribution in [0.5, 0.6) is 17.2 Å². The van der Waals surface area contributed by atoms with Gasteiger partial charge in [-0.15, -0.1) is 0 Å². The summed E-state index contributed by atoms with van der Waals surface area (Å²) in [6.07, 6.45) is 0. The summed E-state index contributed by atoms with van der Waals surface area (Å²) in [5, 5.41) is 10.0. The number of hydrogen-bond donors (Lipinski definition) is 1. The normalized spacial score (nSPS) is 14.0. The van der Waals surface area contributed by atoms with Crippen LogP contribution in [0.15, 0.2) is 78.9 Å². The van der Waals surface area contributed by atoms with Crippen LogP contribution in [0.1, 0.15) is 10.4 Å². The van der Waals surface area contributed by atoms with Gasteiger partial charge in [0.15, 0.2) is 0 Å². The molecule has 4 rings (SSSR count). The molecule has 28 heavy (non-hydrogen) atoms. The van der Waals surface area contributed by atoms with Crippen LogP contribution >= 0.6 is 0 Å². The molecule has 1 aliphatic heterocycles. The predicted octanol–water partition coefficient (Wildman–Crippen LogP) is 4.15. The highest BCUT2D eigenvalue weighted by molar-refractivity contribution is 5.94. The van der Waals surface area contributed by atoms with Crippen molar-refractivity contribution in [2.24, 2.45) is 0 Å². The number of hydrogen-bond acceptors (Lipinski definition) is 4. The van der Waals surface area contributed by atoms with Crippen molar-refractivity contribution in [1.29, 1.82) is 0 Å². The van der Waals surface area contributed by atoms with E-state index in [1.54, 1.807) is 18.2 Å². The summed E-state index contributed by atoms with van der Waals surface area (Å²) in [5.74, 6) is 1.76. The Morgan fingerprint density at radius 3 is 2.04 bits per heavy atom. The fraction of sp³-hybridized carbons (Fsp3) is 0.174. The summed E-state index contributed by atoms with van der Waals surface area (Å²) in [4.78, 5) is 16.8. The van der Waals surface area contributed by atoms with E-state index in [2.05, 4.69) is 4.90 Å². The molecule has 0 unspecified atom stereocenters. The minimum absolute atomic E-state index is 0.0168. The smallest absolute Gasteiger partial charge is 0.253 e. The minimum Gasteiger partial charge on any atom is -0.506 e. The van der Waals surface area contributed by atoms with E-state index in [4.69, 9.17) is 4.74 Å². The predicted molar refractivity (Wildman–Crippen MR) is 109 cm³/mol. The van der Waals surface area contributed by atoms with Crippen molar-refractivity contribution in [3.63, 3.8) is 0 Å². The van der Waals surface area contributed by atoms with Gasteiger partial charge in [-0.2, -0.15) is 0 Å². The molecule has 0 aliphatic carbocycles. The van der Waals surface area contributed by atoms with Gasteiger partial charge in [-0.25, -0.2) is 0 Å². The number of carbonyl (C=O) groups is 1. The van der Waals surface area contributed by atoms with E-state index in [0.29, 0.717) is 37.5 Å². The molecule has 1 N–H and O–H groups in total. The molecule has 0 bridgehead atoms. The number of benzene rings is 3. The van der Waals surface area contributed by atoms with Crippen LogP contribution in [0.3, 0.4) is 0 Å². The Bertz CT molecular complexity index is 934. The third-order valence-corrected chi connectivity index (χ3v) is 4.87. The van der Waals surface area contributed by atoms with E-state index in [1.807, 2.05) is 65.6 Å².